The Morgan fingerprint density at radius 3 is 2.50 bits per heavy atom. The van der Waals surface area contributed by atoms with E-state index >= 15 is 0 Å². The first kappa shape index (κ1) is 18.5. The van der Waals surface area contributed by atoms with Crippen LogP contribution in [-0.2, 0) is 4.74 Å². The molecule has 10 nitrogen and oxygen atoms in total. The summed E-state index contributed by atoms with van der Waals surface area (Å²) in [7, 11) is 0. The number of nitrogen functional groups attached to an aromatic ring is 1. The van der Waals surface area contributed by atoms with E-state index in [4.69, 9.17) is 25.8 Å². The maximum atomic E-state index is 11.5. The van der Waals surface area contributed by atoms with E-state index in [1.54, 1.807) is 6.08 Å². The van der Waals surface area contributed by atoms with Crippen molar-refractivity contribution in [1.82, 2.24) is 9.55 Å². The van der Waals surface area contributed by atoms with Crippen LogP contribution in [-0.4, -0.2) is 65.8 Å². The lowest BCUT2D eigenvalue weighted by Crippen LogP contribution is -2.36. The minimum atomic E-state index is -1.49. The van der Waals surface area contributed by atoms with Gasteiger partial charge in [-0.05, 0) is 18.6 Å². The Labute approximate surface area is 137 Å². The Morgan fingerprint density at radius 2 is 2.08 bits per heavy atom. The average Bonchev–Trinajstić information content (AvgIpc) is 3.04. The van der Waals surface area contributed by atoms with Crippen LogP contribution in [0.1, 0.15) is 19.1 Å². The number of allylic oxidation sites excluding steroid dienone is 1. The summed E-state index contributed by atoms with van der Waals surface area (Å²) < 4.78 is 6.19. The Balaban J connectivity index is 0.000000249. The van der Waals surface area contributed by atoms with Crippen molar-refractivity contribution in [3.8, 4) is 0 Å². The zero-order valence-electron chi connectivity index (χ0n) is 12.8. The predicted octanol–water partition coefficient (Wildman–Crippen LogP) is -2.55. The van der Waals surface area contributed by atoms with E-state index in [1.165, 1.54) is 18.3 Å². The summed E-state index contributed by atoms with van der Waals surface area (Å²) in [6, 6.07) is 1.37. The highest BCUT2D eigenvalue weighted by molar-refractivity contribution is 5.23. The van der Waals surface area contributed by atoms with Crippen LogP contribution >= 0.6 is 0 Å². The van der Waals surface area contributed by atoms with Gasteiger partial charge in [0.05, 0.1) is 6.61 Å². The van der Waals surface area contributed by atoms with Crippen LogP contribution in [0.2, 0.25) is 0 Å². The maximum absolute atomic E-state index is 11.5. The summed E-state index contributed by atoms with van der Waals surface area (Å²) in [4.78, 5) is 15.0. The first-order valence-electron chi connectivity index (χ1n) is 7.35. The van der Waals surface area contributed by atoms with Gasteiger partial charge >= 0.3 is 5.69 Å². The van der Waals surface area contributed by atoms with E-state index in [9.17, 15) is 15.0 Å². The molecule has 0 unspecified atom stereocenters. The Kier molecular flexibility index (Phi) is 5.70. The number of nitrogens with two attached hydrogens (primary N) is 1. The average molecular weight is 343 g/mol. The number of nitrogens with zero attached hydrogens (tertiary/aromatic N) is 2. The van der Waals surface area contributed by atoms with Crippen molar-refractivity contribution >= 4 is 5.82 Å². The molecule has 3 rings (SSSR count). The summed E-state index contributed by atoms with van der Waals surface area (Å²) in [6.07, 6.45) is 1.14. The molecule has 0 radical (unpaired) electrons. The smallest absolute Gasteiger partial charge is 0.351 e. The van der Waals surface area contributed by atoms with Crippen molar-refractivity contribution in [1.29, 1.82) is 0 Å². The second-order valence-corrected chi connectivity index (χ2v) is 5.59. The highest BCUT2D eigenvalue weighted by Gasteiger charge is 2.43. The lowest BCUT2D eigenvalue weighted by Gasteiger charge is -2.16. The van der Waals surface area contributed by atoms with Gasteiger partial charge in [0.2, 0.25) is 0 Å². The Hall–Kier alpha value is -1.82. The van der Waals surface area contributed by atoms with Gasteiger partial charge in [0, 0.05) is 12.6 Å². The number of hydrogen-bond donors (Lipinski definition) is 6. The fourth-order valence-electron chi connectivity index (χ4n) is 2.38. The lowest BCUT2D eigenvalue weighted by atomic mass is 10.1. The molecule has 0 amide bonds. The highest BCUT2D eigenvalue weighted by Crippen LogP contribution is 2.27. The number of aliphatic hydroxyl groups excluding tert-OH is 3. The molecule has 24 heavy (non-hydrogen) atoms. The minimum Gasteiger partial charge on any atom is -0.394 e. The normalized spacial score (nSPS) is 30.9. The molecule has 0 bridgehead atoms. The number of anilines is 1. The number of hydrogen-bond acceptors (Lipinski definition) is 9. The molecule has 1 aliphatic heterocycles. The second kappa shape index (κ2) is 7.38. The molecule has 0 spiro atoms. The van der Waals surface area contributed by atoms with Gasteiger partial charge in [-0.3, -0.25) is 4.57 Å². The van der Waals surface area contributed by atoms with Crippen LogP contribution in [0.5, 0.6) is 0 Å². The third-order valence-electron chi connectivity index (χ3n) is 3.71. The van der Waals surface area contributed by atoms with Crippen molar-refractivity contribution in [3.63, 3.8) is 0 Å². The topological polar surface area (TPSA) is 171 Å². The van der Waals surface area contributed by atoms with E-state index < -0.39 is 42.6 Å². The molecule has 10 heteroatoms. The number of aromatic nitrogens is 2. The summed E-state index contributed by atoms with van der Waals surface area (Å²) in [5.74, 6) is -1.43. The molecule has 0 saturated carbocycles. The molecule has 1 aromatic heterocycles. The van der Waals surface area contributed by atoms with Gasteiger partial charge < -0.3 is 36.0 Å². The fourth-order valence-corrected chi connectivity index (χ4v) is 2.38. The van der Waals surface area contributed by atoms with Gasteiger partial charge in [-0.15, -0.1) is 0 Å². The van der Waals surface area contributed by atoms with Crippen molar-refractivity contribution in [2.24, 2.45) is 0 Å². The quantitative estimate of drug-likeness (QED) is 0.250. The molecule has 4 atom stereocenters. The first-order chi connectivity index (χ1) is 11.2. The standard InChI is InChI=1S/C9H13N3O5.C5H8O2/c10-5-1-2-12(9(16)11-5)8-7(15)6(14)4(3-13)17-8;6-5(7)3-1-2-4-5/h1-2,4,6-8,13-15H,3H2,(H2,10,11,16);1,3,6-7H,2,4H2/t4-,6-,7-,8-;/m1./s1. The summed E-state index contributed by atoms with van der Waals surface area (Å²) >= 11 is 0. The molecule has 2 aliphatic rings. The van der Waals surface area contributed by atoms with E-state index in [2.05, 4.69) is 4.98 Å². The van der Waals surface area contributed by atoms with Crippen LogP contribution in [0, 0.1) is 0 Å². The van der Waals surface area contributed by atoms with Gasteiger partial charge in [0.1, 0.15) is 24.1 Å². The fraction of sp³-hybridized carbons (Fsp3) is 0.571. The van der Waals surface area contributed by atoms with Crippen LogP contribution < -0.4 is 11.4 Å². The monoisotopic (exact) mass is 343 g/mol. The predicted molar refractivity (Wildman–Crippen MR) is 81.5 cm³/mol. The largest absolute Gasteiger partial charge is 0.394 e. The van der Waals surface area contributed by atoms with Crippen molar-refractivity contribution < 1.29 is 30.3 Å². The summed E-state index contributed by atoms with van der Waals surface area (Å²) in [5, 5.41) is 45.5. The van der Waals surface area contributed by atoms with Crippen molar-refractivity contribution in [3.05, 3.63) is 34.9 Å². The molecule has 7 N–H and O–H groups in total. The van der Waals surface area contributed by atoms with Crippen LogP contribution in [0.15, 0.2) is 29.2 Å². The first-order valence-corrected chi connectivity index (χ1v) is 7.35. The van der Waals surface area contributed by atoms with E-state index in [0.717, 1.165) is 11.0 Å². The molecular formula is C14H21N3O7. The number of aliphatic hydroxyl groups is 5. The molecule has 1 aromatic rings. The maximum Gasteiger partial charge on any atom is 0.351 e. The van der Waals surface area contributed by atoms with Gasteiger partial charge in [0.25, 0.3) is 0 Å². The summed E-state index contributed by atoms with van der Waals surface area (Å²) in [5.41, 5.74) is 4.63. The third-order valence-corrected chi connectivity index (χ3v) is 3.71. The van der Waals surface area contributed by atoms with Crippen LogP contribution in [0.25, 0.3) is 0 Å². The van der Waals surface area contributed by atoms with Crippen molar-refractivity contribution in [2.45, 2.75) is 43.2 Å². The third kappa shape index (κ3) is 4.17. The zero-order chi connectivity index (χ0) is 17.9. The SMILES string of the molecule is Nc1ccn([C@@H]2O[C@H](CO)[C@@H](O)[C@H]2O)c(=O)n1.OC1(O)C=CCC1. The number of rotatable bonds is 2. The molecule has 134 valence electrons. The molecule has 1 aliphatic carbocycles. The Bertz CT molecular complexity index is 646. The summed E-state index contributed by atoms with van der Waals surface area (Å²) in [6.45, 7) is -0.453. The molecule has 0 aromatic carbocycles. The highest BCUT2D eigenvalue weighted by atomic mass is 16.6. The van der Waals surface area contributed by atoms with Gasteiger partial charge in [-0.1, -0.05) is 6.08 Å². The van der Waals surface area contributed by atoms with Gasteiger partial charge in [-0.2, -0.15) is 4.98 Å². The molecule has 1 saturated heterocycles. The zero-order valence-corrected chi connectivity index (χ0v) is 12.8. The Morgan fingerprint density at radius 1 is 1.38 bits per heavy atom. The second-order valence-electron chi connectivity index (χ2n) is 5.59. The molecule has 1 fully saturated rings. The number of ether oxygens (including phenoxy) is 1. The van der Waals surface area contributed by atoms with Crippen LogP contribution in [0.3, 0.4) is 0 Å². The molecular weight excluding hydrogens is 322 g/mol. The van der Waals surface area contributed by atoms with Gasteiger partial charge in [0.15, 0.2) is 12.0 Å². The van der Waals surface area contributed by atoms with E-state index in [1.807, 2.05) is 0 Å². The van der Waals surface area contributed by atoms with Crippen LogP contribution in [0.4, 0.5) is 5.82 Å². The molecule has 2 heterocycles. The van der Waals surface area contributed by atoms with Gasteiger partial charge in [-0.25, -0.2) is 4.79 Å². The van der Waals surface area contributed by atoms with E-state index in [0.29, 0.717) is 6.42 Å². The van der Waals surface area contributed by atoms with E-state index in [-0.39, 0.29) is 5.82 Å². The van der Waals surface area contributed by atoms with Crippen molar-refractivity contribution in [2.75, 3.05) is 12.3 Å². The lowest BCUT2D eigenvalue weighted by molar-refractivity contribution is -0.116. The minimum absolute atomic E-state index is 0.0537.